The lowest BCUT2D eigenvalue weighted by molar-refractivity contribution is -0.142. The molecular formula is C11H17N3O2. The minimum atomic E-state index is -0.611. The highest BCUT2D eigenvalue weighted by Gasteiger charge is 2.23. The van der Waals surface area contributed by atoms with E-state index in [0.29, 0.717) is 12.3 Å². The van der Waals surface area contributed by atoms with Gasteiger partial charge in [-0.25, -0.2) is 4.98 Å². The van der Waals surface area contributed by atoms with E-state index in [1.165, 1.54) is 26.4 Å². The lowest BCUT2D eigenvalue weighted by atomic mass is 9.85. The Hall–Kier alpha value is -1.36. The van der Waals surface area contributed by atoms with E-state index >= 15 is 0 Å². The Kier molecular flexibility index (Phi) is 3.24. The van der Waals surface area contributed by atoms with Crippen LogP contribution in [0.5, 0.6) is 0 Å². The van der Waals surface area contributed by atoms with Crippen LogP contribution in [0, 0.1) is 0 Å². The first-order chi connectivity index (χ1) is 7.70. The molecule has 0 spiro atoms. The van der Waals surface area contributed by atoms with Crippen molar-refractivity contribution in [3.8, 4) is 0 Å². The van der Waals surface area contributed by atoms with E-state index in [-0.39, 0.29) is 5.97 Å². The van der Waals surface area contributed by atoms with Crippen molar-refractivity contribution >= 4 is 5.97 Å². The fourth-order valence-corrected chi connectivity index (χ4v) is 1.84. The van der Waals surface area contributed by atoms with E-state index < -0.39 is 6.04 Å². The third-order valence-electron chi connectivity index (χ3n) is 3.08. The molecule has 1 aromatic heterocycles. The fourth-order valence-electron chi connectivity index (χ4n) is 1.84. The molecule has 0 bridgehead atoms. The SMILES string of the molecule is COC(=O)[C@@H](N)Cc1cnc(C2CCC2)[nH]1. The number of rotatable bonds is 4. The topological polar surface area (TPSA) is 81.0 Å². The monoisotopic (exact) mass is 223 g/mol. The summed E-state index contributed by atoms with van der Waals surface area (Å²) >= 11 is 0. The minimum absolute atomic E-state index is 0.389. The molecule has 5 heteroatoms. The Morgan fingerprint density at radius 2 is 2.50 bits per heavy atom. The third kappa shape index (κ3) is 2.24. The number of ether oxygens (including phenoxy) is 1. The highest BCUT2D eigenvalue weighted by molar-refractivity contribution is 5.75. The fraction of sp³-hybridized carbons (Fsp3) is 0.636. The largest absolute Gasteiger partial charge is 0.468 e. The van der Waals surface area contributed by atoms with Crippen molar-refractivity contribution in [1.82, 2.24) is 9.97 Å². The first kappa shape index (κ1) is 11.1. The Morgan fingerprint density at radius 3 is 3.06 bits per heavy atom. The van der Waals surface area contributed by atoms with Gasteiger partial charge in [-0.15, -0.1) is 0 Å². The van der Waals surface area contributed by atoms with E-state index in [1.54, 1.807) is 6.20 Å². The third-order valence-corrected chi connectivity index (χ3v) is 3.08. The van der Waals surface area contributed by atoms with E-state index in [4.69, 9.17) is 5.73 Å². The second-order valence-electron chi connectivity index (χ2n) is 4.26. The summed E-state index contributed by atoms with van der Waals surface area (Å²) in [5, 5.41) is 0. The number of esters is 1. The van der Waals surface area contributed by atoms with Crippen molar-refractivity contribution in [2.75, 3.05) is 7.11 Å². The highest BCUT2D eigenvalue weighted by Crippen LogP contribution is 2.34. The minimum Gasteiger partial charge on any atom is -0.468 e. The average Bonchev–Trinajstić information content (AvgIpc) is 2.62. The molecule has 1 fully saturated rings. The van der Waals surface area contributed by atoms with Crippen molar-refractivity contribution in [2.24, 2.45) is 5.73 Å². The van der Waals surface area contributed by atoms with Crippen LogP contribution in [-0.2, 0) is 16.0 Å². The van der Waals surface area contributed by atoms with Crippen LogP contribution >= 0.6 is 0 Å². The van der Waals surface area contributed by atoms with Gasteiger partial charge in [0.15, 0.2) is 0 Å². The number of hydrogen-bond donors (Lipinski definition) is 2. The van der Waals surface area contributed by atoms with E-state index in [0.717, 1.165) is 11.5 Å². The molecule has 1 atom stereocenters. The molecular weight excluding hydrogens is 206 g/mol. The standard InChI is InChI=1S/C11H17N3O2/c1-16-11(15)9(12)5-8-6-13-10(14-8)7-3-2-4-7/h6-7,9H,2-5,12H2,1H3,(H,13,14)/t9-/m0/s1. The summed E-state index contributed by atoms with van der Waals surface area (Å²) in [6, 6.07) is -0.611. The van der Waals surface area contributed by atoms with Crippen LogP contribution in [-0.4, -0.2) is 29.1 Å². The summed E-state index contributed by atoms with van der Waals surface area (Å²) < 4.78 is 4.57. The molecule has 0 unspecified atom stereocenters. The molecule has 5 nitrogen and oxygen atoms in total. The van der Waals surface area contributed by atoms with Gasteiger partial charge < -0.3 is 15.5 Å². The number of nitrogens with zero attached hydrogens (tertiary/aromatic N) is 1. The maximum absolute atomic E-state index is 11.1. The molecule has 0 amide bonds. The number of H-pyrrole nitrogens is 1. The van der Waals surface area contributed by atoms with Gasteiger partial charge in [-0.1, -0.05) is 6.42 Å². The van der Waals surface area contributed by atoms with Gasteiger partial charge in [-0.05, 0) is 12.8 Å². The molecule has 16 heavy (non-hydrogen) atoms. The second-order valence-corrected chi connectivity index (χ2v) is 4.26. The summed E-state index contributed by atoms with van der Waals surface area (Å²) in [5.41, 5.74) is 6.57. The van der Waals surface area contributed by atoms with E-state index in [1.807, 2.05) is 0 Å². The molecule has 2 rings (SSSR count). The number of aromatic amines is 1. The average molecular weight is 223 g/mol. The van der Waals surface area contributed by atoms with Crippen molar-refractivity contribution in [3.05, 3.63) is 17.7 Å². The summed E-state index contributed by atoms with van der Waals surface area (Å²) in [6.07, 6.45) is 5.90. The van der Waals surface area contributed by atoms with Gasteiger partial charge in [-0.3, -0.25) is 4.79 Å². The molecule has 0 radical (unpaired) electrons. The number of nitrogens with one attached hydrogen (secondary N) is 1. The van der Waals surface area contributed by atoms with Crippen molar-refractivity contribution in [3.63, 3.8) is 0 Å². The van der Waals surface area contributed by atoms with Gasteiger partial charge in [0.2, 0.25) is 0 Å². The predicted molar refractivity (Wildman–Crippen MR) is 58.9 cm³/mol. The number of imidazole rings is 1. The van der Waals surface area contributed by atoms with Crippen LogP contribution in [0.4, 0.5) is 0 Å². The molecule has 0 saturated heterocycles. The summed E-state index contributed by atoms with van der Waals surface area (Å²) in [6.45, 7) is 0. The molecule has 1 aliphatic rings. The zero-order chi connectivity index (χ0) is 11.5. The highest BCUT2D eigenvalue weighted by atomic mass is 16.5. The quantitative estimate of drug-likeness (QED) is 0.737. The number of aromatic nitrogens is 2. The molecule has 1 aromatic rings. The van der Waals surface area contributed by atoms with E-state index in [9.17, 15) is 4.79 Å². The van der Waals surface area contributed by atoms with Crippen LogP contribution in [0.2, 0.25) is 0 Å². The lowest BCUT2D eigenvalue weighted by Gasteiger charge is -2.22. The summed E-state index contributed by atoms with van der Waals surface area (Å²) in [4.78, 5) is 18.7. The number of methoxy groups -OCH3 is 1. The smallest absolute Gasteiger partial charge is 0.323 e. The van der Waals surface area contributed by atoms with Crippen LogP contribution in [0.25, 0.3) is 0 Å². The van der Waals surface area contributed by atoms with Gasteiger partial charge in [0, 0.05) is 24.2 Å². The Labute approximate surface area is 94.4 Å². The lowest BCUT2D eigenvalue weighted by Crippen LogP contribution is -2.33. The maximum Gasteiger partial charge on any atom is 0.323 e. The Bertz CT molecular complexity index is 371. The van der Waals surface area contributed by atoms with Crippen LogP contribution in [0.3, 0.4) is 0 Å². The maximum atomic E-state index is 11.1. The van der Waals surface area contributed by atoms with Crippen LogP contribution in [0.1, 0.15) is 36.7 Å². The number of carbonyl (C=O) groups is 1. The predicted octanol–water partition coefficient (Wildman–Crippen LogP) is 0.720. The van der Waals surface area contributed by atoms with Gasteiger partial charge in [0.1, 0.15) is 11.9 Å². The molecule has 1 aliphatic carbocycles. The Morgan fingerprint density at radius 1 is 1.75 bits per heavy atom. The van der Waals surface area contributed by atoms with Gasteiger partial charge in [0.25, 0.3) is 0 Å². The molecule has 88 valence electrons. The van der Waals surface area contributed by atoms with Gasteiger partial charge in [0.05, 0.1) is 7.11 Å². The van der Waals surface area contributed by atoms with E-state index in [2.05, 4.69) is 14.7 Å². The number of nitrogens with two attached hydrogens (primary N) is 1. The van der Waals surface area contributed by atoms with Gasteiger partial charge >= 0.3 is 5.97 Å². The molecule has 0 aliphatic heterocycles. The van der Waals surface area contributed by atoms with Crippen molar-refractivity contribution in [1.29, 1.82) is 0 Å². The molecule has 1 saturated carbocycles. The number of hydrogen-bond acceptors (Lipinski definition) is 4. The second kappa shape index (κ2) is 4.65. The van der Waals surface area contributed by atoms with Crippen molar-refractivity contribution in [2.45, 2.75) is 37.6 Å². The van der Waals surface area contributed by atoms with Crippen LogP contribution in [0.15, 0.2) is 6.20 Å². The van der Waals surface area contributed by atoms with Gasteiger partial charge in [-0.2, -0.15) is 0 Å². The molecule has 3 N–H and O–H groups in total. The van der Waals surface area contributed by atoms with Crippen LogP contribution < -0.4 is 5.73 Å². The van der Waals surface area contributed by atoms with Crippen molar-refractivity contribution < 1.29 is 9.53 Å². The molecule has 1 heterocycles. The zero-order valence-electron chi connectivity index (χ0n) is 9.40. The molecule has 0 aromatic carbocycles. The first-order valence-electron chi connectivity index (χ1n) is 5.58. The summed E-state index contributed by atoms with van der Waals surface area (Å²) in [5.74, 6) is 1.21. The zero-order valence-corrected chi connectivity index (χ0v) is 9.40. The summed E-state index contributed by atoms with van der Waals surface area (Å²) in [7, 11) is 1.34. The normalized spacial score (nSPS) is 17.9. The number of carbonyl (C=O) groups excluding carboxylic acids is 1. The first-order valence-corrected chi connectivity index (χ1v) is 5.58. The Balaban J connectivity index is 1.94.